The van der Waals surface area contributed by atoms with Crippen LogP contribution < -0.4 is 5.32 Å². The standard InChI is InChI=1S/C15H25NO2/c1-5-6-7-16-10-11-8-14(18)12(9-13(11)17)15(2,3)4/h8-9,16-18H,5-7,10H2,1-4H3. The van der Waals surface area contributed by atoms with Crippen molar-refractivity contribution in [1.29, 1.82) is 0 Å². The molecule has 0 aromatic heterocycles. The molecule has 0 saturated heterocycles. The average molecular weight is 251 g/mol. The lowest BCUT2D eigenvalue weighted by Crippen LogP contribution is -2.15. The number of hydrogen-bond acceptors (Lipinski definition) is 3. The minimum Gasteiger partial charge on any atom is -0.508 e. The van der Waals surface area contributed by atoms with Crippen molar-refractivity contribution in [3.8, 4) is 11.5 Å². The highest BCUT2D eigenvalue weighted by atomic mass is 16.3. The Bertz CT molecular complexity index is 394. The van der Waals surface area contributed by atoms with E-state index in [0.717, 1.165) is 30.5 Å². The van der Waals surface area contributed by atoms with Crippen LogP contribution in [-0.2, 0) is 12.0 Å². The third kappa shape index (κ3) is 3.91. The molecule has 1 aromatic rings. The van der Waals surface area contributed by atoms with Crippen molar-refractivity contribution in [2.75, 3.05) is 6.54 Å². The zero-order valence-electron chi connectivity index (χ0n) is 11.9. The Hall–Kier alpha value is -1.22. The summed E-state index contributed by atoms with van der Waals surface area (Å²) in [6.07, 6.45) is 2.26. The third-order valence-electron chi connectivity index (χ3n) is 3.03. The number of hydrogen-bond donors (Lipinski definition) is 3. The Morgan fingerprint density at radius 3 is 2.33 bits per heavy atom. The number of unbranched alkanes of at least 4 members (excludes halogenated alkanes) is 1. The van der Waals surface area contributed by atoms with E-state index < -0.39 is 0 Å². The smallest absolute Gasteiger partial charge is 0.120 e. The van der Waals surface area contributed by atoms with Gasteiger partial charge in [0.2, 0.25) is 0 Å². The third-order valence-corrected chi connectivity index (χ3v) is 3.03. The van der Waals surface area contributed by atoms with E-state index in [1.165, 1.54) is 0 Å². The van der Waals surface area contributed by atoms with E-state index >= 15 is 0 Å². The number of phenols is 2. The van der Waals surface area contributed by atoms with Crippen molar-refractivity contribution in [1.82, 2.24) is 5.32 Å². The Kier molecular flexibility index (Phi) is 5.03. The van der Waals surface area contributed by atoms with Crippen LogP contribution in [0.4, 0.5) is 0 Å². The molecule has 0 atom stereocenters. The topological polar surface area (TPSA) is 52.5 Å². The average Bonchev–Trinajstić information content (AvgIpc) is 2.27. The van der Waals surface area contributed by atoms with Gasteiger partial charge in [-0.05, 0) is 30.5 Å². The Labute approximate surface area is 110 Å². The Morgan fingerprint density at radius 1 is 1.11 bits per heavy atom. The first-order chi connectivity index (χ1) is 8.36. The fraction of sp³-hybridized carbons (Fsp3) is 0.600. The highest BCUT2D eigenvalue weighted by Gasteiger charge is 2.20. The molecule has 0 radical (unpaired) electrons. The fourth-order valence-electron chi connectivity index (χ4n) is 1.89. The van der Waals surface area contributed by atoms with E-state index in [2.05, 4.69) is 12.2 Å². The predicted molar refractivity (Wildman–Crippen MR) is 75.1 cm³/mol. The molecule has 1 aromatic carbocycles. The summed E-state index contributed by atoms with van der Waals surface area (Å²) in [5.41, 5.74) is 1.35. The maximum atomic E-state index is 10.0. The van der Waals surface area contributed by atoms with E-state index in [9.17, 15) is 10.2 Å². The first-order valence-electron chi connectivity index (χ1n) is 6.62. The second-order valence-corrected chi connectivity index (χ2v) is 5.78. The van der Waals surface area contributed by atoms with Crippen molar-refractivity contribution < 1.29 is 10.2 Å². The number of phenolic OH excluding ortho intramolecular Hbond substituents is 2. The highest BCUT2D eigenvalue weighted by molar-refractivity contribution is 5.47. The number of benzene rings is 1. The SMILES string of the molecule is CCCCNCc1cc(O)c(C(C)(C)C)cc1O. The minimum absolute atomic E-state index is 0.171. The largest absolute Gasteiger partial charge is 0.508 e. The van der Waals surface area contributed by atoms with Gasteiger partial charge in [0.1, 0.15) is 11.5 Å². The molecule has 0 spiro atoms. The van der Waals surface area contributed by atoms with Gasteiger partial charge in [0, 0.05) is 17.7 Å². The van der Waals surface area contributed by atoms with Crippen molar-refractivity contribution in [2.45, 2.75) is 52.5 Å². The van der Waals surface area contributed by atoms with Crippen molar-refractivity contribution in [3.63, 3.8) is 0 Å². The van der Waals surface area contributed by atoms with Crippen LogP contribution in [0.15, 0.2) is 12.1 Å². The summed E-state index contributed by atoms with van der Waals surface area (Å²) in [6, 6.07) is 3.33. The van der Waals surface area contributed by atoms with Crippen LogP contribution in [0.5, 0.6) is 11.5 Å². The van der Waals surface area contributed by atoms with E-state index in [-0.39, 0.29) is 16.9 Å². The second kappa shape index (κ2) is 6.10. The molecule has 0 bridgehead atoms. The molecule has 0 heterocycles. The van der Waals surface area contributed by atoms with Crippen LogP contribution in [0.1, 0.15) is 51.7 Å². The van der Waals surface area contributed by atoms with Gasteiger partial charge in [-0.3, -0.25) is 0 Å². The second-order valence-electron chi connectivity index (χ2n) is 5.78. The molecule has 3 N–H and O–H groups in total. The molecule has 0 amide bonds. The van der Waals surface area contributed by atoms with Gasteiger partial charge in [0.15, 0.2) is 0 Å². The maximum absolute atomic E-state index is 10.0. The van der Waals surface area contributed by atoms with E-state index in [0.29, 0.717) is 6.54 Å². The van der Waals surface area contributed by atoms with Gasteiger partial charge >= 0.3 is 0 Å². The van der Waals surface area contributed by atoms with E-state index in [1.807, 2.05) is 20.8 Å². The summed E-state index contributed by atoms with van der Waals surface area (Å²) >= 11 is 0. The molecule has 0 unspecified atom stereocenters. The van der Waals surface area contributed by atoms with Crippen molar-refractivity contribution in [2.24, 2.45) is 0 Å². The molecule has 0 fully saturated rings. The molecule has 0 aliphatic rings. The molecule has 3 nitrogen and oxygen atoms in total. The van der Waals surface area contributed by atoms with Crippen molar-refractivity contribution >= 4 is 0 Å². The van der Waals surface area contributed by atoms with E-state index in [1.54, 1.807) is 12.1 Å². The zero-order chi connectivity index (χ0) is 13.8. The van der Waals surface area contributed by atoms with Crippen molar-refractivity contribution in [3.05, 3.63) is 23.3 Å². The Morgan fingerprint density at radius 2 is 1.78 bits per heavy atom. The molecule has 1 rings (SSSR count). The maximum Gasteiger partial charge on any atom is 0.120 e. The lowest BCUT2D eigenvalue weighted by atomic mass is 9.85. The van der Waals surface area contributed by atoms with Crippen LogP contribution in [0.25, 0.3) is 0 Å². The van der Waals surface area contributed by atoms with Crippen LogP contribution >= 0.6 is 0 Å². The Balaban J connectivity index is 2.81. The van der Waals surface area contributed by atoms with E-state index in [4.69, 9.17) is 0 Å². The number of rotatable bonds is 5. The van der Waals surface area contributed by atoms with Gasteiger partial charge in [0.25, 0.3) is 0 Å². The summed E-state index contributed by atoms with van der Waals surface area (Å²) in [7, 11) is 0. The molecule has 3 heteroatoms. The molecule has 18 heavy (non-hydrogen) atoms. The van der Waals surface area contributed by atoms with Gasteiger partial charge in [-0.1, -0.05) is 34.1 Å². The van der Waals surface area contributed by atoms with Crippen LogP contribution in [0.3, 0.4) is 0 Å². The van der Waals surface area contributed by atoms with Gasteiger partial charge in [-0.15, -0.1) is 0 Å². The van der Waals surface area contributed by atoms with Crippen LogP contribution in [0, 0.1) is 0 Å². The molecular formula is C15H25NO2. The summed E-state index contributed by atoms with van der Waals surface area (Å²) in [5.74, 6) is 0.509. The summed E-state index contributed by atoms with van der Waals surface area (Å²) < 4.78 is 0. The minimum atomic E-state index is -0.171. The highest BCUT2D eigenvalue weighted by Crippen LogP contribution is 2.35. The number of aromatic hydroxyl groups is 2. The quantitative estimate of drug-likeness (QED) is 0.556. The first kappa shape index (κ1) is 14.8. The van der Waals surface area contributed by atoms with Gasteiger partial charge < -0.3 is 15.5 Å². The monoisotopic (exact) mass is 251 g/mol. The molecule has 102 valence electrons. The fourth-order valence-corrected chi connectivity index (χ4v) is 1.89. The van der Waals surface area contributed by atoms with Gasteiger partial charge in [-0.25, -0.2) is 0 Å². The summed E-state index contributed by atoms with van der Waals surface area (Å²) in [5, 5.41) is 23.3. The number of nitrogens with one attached hydrogen (secondary N) is 1. The first-order valence-corrected chi connectivity index (χ1v) is 6.62. The lowest BCUT2D eigenvalue weighted by molar-refractivity contribution is 0.429. The van der Waals surface area contributed by atoms with Gasteiger partial charge in [-0.2, -0.15) is 0 Å². The summed E-state index contributed by atoms with van der Waals surface area (Å²) in [4.78, 5) is 0. The molecule has 0 aliphatic heterocycles. The predicted octanol–water partition coefficient (Wildman–Crippen LogP) is 3.29. The lowest BCUT2D eigenvalue weighted by Gasteiger charge is -2.21. The van der Waals surface area contributed by atoms with Crippen LogP contribution in [-0.4, -0.2) is 16.8 Å². The summed E-state index contributed by atoms with van der Waals surface area (Å²) in [6.45, 7) is 9.70. The zero-order valence-corrected chi connectivity index (χ0v) is 11.9. The molecular weight excluding hydrogens is 226 g/mol. The van der Waals surface area contributed by atoms with Gasteiger partial charge in [0.05, 0.1) is 0 Å². The molecule has 0 aliphatic carbocycles. The normalized spacial score (nSPS) is 11.8. The van der Waals surface area contributed by atoms with Crippen LogP contribution in [0.2, 0.25) is 0 Å². The molecule has 0 saturated carbocycles.